The largest absolute Gasteiger partial charge is 0.346 e. The van der Waals surface area contributed by atoms with E-state index in [0.717, 1.165) is 3.57 Å². The smallest absolute Gasteiger partial charge is 0.277 e. The molecule has 0 saturated carbocycles. The van der Waals surface area contributed by atoms with Crippen LogP contribution in [0.1, 0.15) is 10.4 Å². The number of alkyl halides is 2. The molecule has 0 atom stereocenters. The second-order valence-corrected chi connectivity index (χ2v) is 4.50. The lowest BCUT2D eigenvalue weighted by atomic mass is 10.2. The van der Waals surface area contributed by atoms with Gasteiger partial charge in [0.2, 0.25) is 0 Å². The number of hydrogen-bond donors (Lipinski definition) is 2. The summed E-state index contributed by atoms with van der Waals surface area (Å²) >= 11 is 2.09. The van der Waals surface area contributed by atoms with E-state index in [4.69, 9.17) is 5.73 Å². The lowest BCUT2D eigenvalue weighted by Gasteiger charge is -2.14. The molecule has 88 valence electrons. The summed E-state index contributed by atoms with van der Waals surface area (Å²) < 4.78 is 26.5. The van der Waals surface area contributed by atoms with Gasteiger partial charge in [0.25, 0.3) is 11.8 Å². The monoisotopic (exact) mass is 340 g/mol. The van der Waals surface area contributed by atoms with E-state index in [1.54, 1.807) is 24.3 Å². The molecule has 1 amide bonds. The predicted molar refractivity (Wildman–Crippen MR) is 65.5 cm³/mol. The molecule has 1 aromatic rings. The van der Waals surface area contributed by atoms with E-state index < -0.39 is 24.9 Å². The SMILES string of the molecule is NCC(F)(F)CNC(=O)c1ccc(I)cc1. The summed E-state index contributed by atoms with van der Waals surface area (Å²) in [6.07, 6.45) is 0. The third kappa shape index (κ3) is 4.01. The van der Waals surface area contributed by atoms with Gasteiger partial charge in [-0.05, 0) is 46.9 Å². The molecule has 6 heteroatoms. The number of nitrogens with one attached hydrogen (secondary N) is 1. The average molecular weight is 340 g/mol. The van der Waals surface area contributed by atoms with E-state index in [2.05, 4.69) is 27.9 Å². The van der Waals surface area contributed by atoms with Gasteiger partial charge in [0.1, 0.15) is 0 Å². The molecule has 0 radical (unpaired) electrons. The first kappa shape index (κ1) is 13.3. The van der Waals surface area contributed by atoms with Crippen LogP contribution in [0.5, 0.6) is 0 Å². The molecule has 0 spiro atoms. The average Bonchev–Trinajstić information content (AvgIpc) is 2.27. The van der Waals surface area contributed by atoms with E-state index >= 15 is 0 Å². The Kier molecular flexibility index (Phi) is 4.60. The van der Waals surface area contributed by atoms with Gasteiger partial charge in [-0.2, -0.15) is 0 Å². The van der Waals surface area contributed by atoms with Crippen LogP contribution in [0.4, 0.5) is 8.78 Å². The maximum Gasteiger partial charge on any atom is 0.277 e. The molecule has 0 bridgehead atoms. The van der Waals surface area contributed by atoms with Crippen LogP contribution in [0.25, 0.3) is 0 Å². The van der Waals surface area contributed by atoms with Crippen molar-refractivity contribution >= 4 is 28.5 Å². The van der Waals surface area contributed by atoms with E-state index in [1.165, 1.54) is 0 Å². The number of halogens is 3. The van der Waals surface area contributed by atoms with Crippen molar-refractivity contribution < 1.29 is 13.6 Å². The minimum absolute atomic E-state index is 0.355. The molecule has 0 aliphatic carbocycles. The second kappa shape index (κ2) is 5.53. The van der Waals surface area contributed by atoms with Crippen LogP contribution in [0, 0.1) is 3.57 Å². The highest BCUT2D eigenvalue weighted by atomic mass is 127. The maximum atomic E-state index is 12.8. The van der Waals surface area contributed by atoms with Crippen molar-refractivity contribution in [1.82, 2.24) is 5.32 Å². The van der Waals surface area contributed by atoms with Crippen molar-refractivity contribution in [2.75, 3.05) is 13.1 Å². The Labute approximate surface area is 106 Å². The standard InChI is InChI=1S/C10H11F2IN2O/c11-10(12,5-14)6-15-9(16)7-1-3-8(13)4-2-7/h1-4H,5-6,14H2,(H,15,16). The molecule has 16 heavy (non-hydrogen) atoms. The summed E-state index contributed by atoms with van der Waals surface area (Å²) in [6.45, 7) is -1.52. The highest BCUT2D eigenvalue weighted by Crippen LogP contribution is 2.10. The summed E-state index contributed by atoms with van der Waals surface area (Å²) in [5, 5.41) is 2.14. The van der Waals surface area contributed by atoms with E-state index in [9.17, 15) is 13.6 Å². The maximum absolute atomic E-state index is 12.8. The van der Waals surface area contributed by atoms with Gasteiger partial charge in [0.05, 0.1) is 13.1 Å². The molecule has 0 aliphatic heterocycles. The van der Waals surface area contributed by atoms with Gasteiger partial charge in [-0.1, -0.05) is 0 Å². The minimum Gasteiger partial charge on any atom is -0.346 e. The van der Waals surface area contributed by atoms with Gasteiger partial charge in [-0.25, -0.2) is 8.78 Å². The molecular formula is C10H11F2IN2O. The number of benzene rings is 1. The highest BCUT2D eigenvalue weighted by Gasteiger charge is 2.27. The number of hydrogen-bond acceptors (Lipinski definition) is 2. The number of nitrogens with two attached hydrogens (primary N) is 1. The zero-order chi connectivity index (χ0) is 12.2. The highest BCUT2D eigenvalue weighted by molar-refractivity contribution is 14.1. The number of carbonyl (C=O) groups is 1. The van der Waals surface area contributed by atoms with Crippen LogP contribution < -0.4 is 11.1 Å². The van der Waals surface area contributed by atoms with Crippen molar-refractivity contribution in [1.29, 1.82) is 0 Å². The van der Waals surface area contributed by atoms with E-state index in [1.807, 2.05) is 0 Å². The van der Waals surface area contributed by atoms with Gasteiger partial charge >= 0.3 is 0 Å². The van der Waals surface area contributed by atoms with E-state index in [-0.39, 0.29) is 0 Å². The Balaban J connectivity index is 2.56. The van der Waals surface area contributed by atoms with Gasteiger partial charge < -0.3 is 11.1 Å². The fourth-order valence-electron chi connectivity index (χ4n) is 0.985. The lowest BCUT2D eigenvalue weighted by molar-refractivity contribution is 0.0118. The van der Waals surface area contributed by atoms with Crippen molar-refractivity contribution in [3.05, 3.63) is 33.4 Å². The van der Waals surface area contributed by atoms with Gasteiger partial charge in [-0.15, -0.1) is 0 Å². The summed E-state index contributed by atoms with van der Waals surface area (Å²) in [6, 6.07) is 6.63. The Morgan fingerprint density at radius 2 is 1.94 bits per heavy atom. The Morgan fingerprint density at radius 1 is 1.38 bits per heavy atom. The fraction of sp³-hybridized carbons (Fsp3) is 0.300. The topological polar surface area (TPSA) is 55.1 Å². The Hall–Kier alpha value is -0.760. The molecule has 3 N–H and O–H groups in total. The van der Waals surface area contributed by atoms with Crippen LogP contribution in [0.2, 0.25) is 0 Å². The van der Waals surface area contributed by atoms with Crippen LogP contribution in [0.15, 0.2) is 24.3 Å². The molecule has 0 saturated heterocycles. The zero-order valence-corrected chi connectivity index (χ0v) is 10.5. The third-order valence-electron chi connectivity index (χ3n) is 1.91. The molecule has 1 rings (SSSR count). The molecule has 0 aromatic heterocycles. The summed E-state index contributed by atoms with van der Waals surface area (Å²) in [4.78, 5) is 11.4. The van der Waals surface area contributed by atoms with Crippen LogP contribution in [-0.2, 0) is 0 Å². The quantitative estimate of drug-likeness (QED) is 0.819. The molecule has 3 nitrogen and oxygen atoms in total. The molecule has 0 heterocycles. The predicted octanol–water partition coefficient (Wildman–Crippen LogP) is 1.61. The van der Waals surface area contributed by atoms with Gasteiger partial charge in [-0.3, -0.25) is 4.79 Å². The normalized spacial score (nSPS) is 11.2. The van der Waals surface area contributed by atoms with Crippen LogP contribution in [0.3, 0.4) is 0 Å². The Bertz CT molecular complexity index is 368. The second-order valence-electron chi connectivity index (χ2n) is 3.25. The minimum atomic E-state index is -3.06. The third-order valence-corrected chi connectivity index (χ3v) is 2.63. The first-order chi connectivity index (χ1) is 7.44. The van der Waals surface area contributed by atoms with E-state index in [0.29, 0.717) is 5.56 Å². The van der Waals surface area contributed by atoms with Crippen LogP contribution in [-0.4, -0.2) is 24.9 Å². The summed E-state index contributed by atoms with van der Waals surface area (Å²) in [7, 11) is 0. The van der Waals surface area contributed by atoms with Crippen LogP contribution >= 0.6 is 22.6 Å². The fourth-order valence-corrected chi connectivity index (χ4v) is 1.34. The number of rotatable bonds is 4. The number of carbonyl (C=O) groups excluding carboxylic acids is 1. The summed E-state index contributed by atoms with van der Waals surface area (Å²) in [5.41, 5.74) is 5.20. The zero-order valence-electron chi connectivity index (χ0n) is 8.34. The molecule has 0 fully saturated rings. The molecule has 1 aromatic carbocycles. The molecular weight excluding hydrogens is 329 g/mol. The first-order valence-electron chi connectivity index (χ1n) is 4.56. The van der Waals surface area contributed by atoms with Gasteiger partial charge in [0, 0.05) is 9.13 Å². The van der Waals surface area contributed by atoms with Crippen molar-refractivity contribution in [3.63, 3.8) is 0 Å². The molecule has 0 unspecified atom stereocenters. The lowest BCUT2D eigenvalue weighted by Crippen LogP contribution is -2.41. The summed E-state index contributed by atoms with van der Waals surface area (Å²) in [5.74, 6) is -3.58. The van der Waals surface area contributed by atoms with Crippen molar-refractivity contribution in [2.24, 2.45) is 5.73 Å². The number of amides is 1. The van der Waals surface area contributed by atoms with Gasteiger partial charge in [0.15, 0.2) is 0 Å². The Morgan fingerprint density at radius 3 is 2.44 bits per heavy atom. The van der Waals surface area contributed by atoms with Crippen molar-refractivity contribution in [3.8, 4) is 0 Å². The molecule has 0 aliphatic rings. The first-order valence-corrected chi connectivity index (χ1v) is 5.64. The van der Waals surface area contributed by atoms with Crippen molar-refractivity contribution in [2.45, 2.75) is 5.92 Å².